The Morgan fingerprint density at radius 1 is 0.967 bits per heavy atom. The minimum atomic E-state index is -0.562. The summed E-state index contributed by atoms with van der Waals surface area (Å²) in [6, 6.07) is 19.5. The highest BCUT2D eigenvalue weighted by molar-refractivity contribution is 6.34. The SMILES string of the molecule is CCN(CC)c1ccc(-c2ccc(NC(=O)c3cc([N+](=O)[O-])ccc3Cl)cc2)cc1. The second-order valence-electron chi connectivity index (χ2n) is 6.67. The highest BCUT2D eigenvalue weighted by Crippen LogP contribution is 2.26. The van der Waals surface area contributed by atoms with Crippen molar-refractivity contribution in [3.63, 3.8) is 0 Å². The van der Waals surface area contributed by atoms with E-state index < -0.39 is 10.8 Å². The Balaban J connectivity index is 1.74. The van der Waals surface area contributed by atoms with Gasteiger partial charge in [-0.25, -0.2) is 0 Å². The van der Waals surface area contributed by atoms with Gasteiger partial charge in [-0.15, -0.1) is 0 Å². The van der Waals surface area contributed by atoms with E-state index in [1.807, 2.05) is 12.1 Å². The van der Waals surface area contributed by atoms with Gasteiger partial charge < -0.3 is 10.2 Å². The summed E-state index contributed by atoms with van der Waals surface area (Å²) in [6.07, 6.45) is 0. The topological polar surface area (TPSA) is 75.5 Å². The third kappa shape index (κ3) is 4.78. The molecule has 0 saturated heterocycles. The van der Waals surface area contributed by atoms with Gasteiger partial charge >= 0.3 is 0 Å². The third-order valence-corrected chi connectivity index (χ3v) is 5.21. The van der Waals surface area contributed by atoms with Gasteiger partial charge in [0.2, 0.25) is 0 Å². The number of carbonyl (C=O) groups is 1. The summed E-state index contributed by atoms with van der Waals surface area (Å²) in [4.78, 5) is 25.2. The predicted molar refractivity (Wildman–Crippen MR) is 121 cm³/mol. The number of rotatable bonds is 7. The number of nitro benzene ring substituents is 1. The molecule has 1 amide bonds. The van der Waals surface area contributed by atoms with Crippen molar-refractivity contribution in [3.8, 4) is 11.1 Å². The van der Waals surface area contributed by atoms with E-state index in [0.717, 1.165) is 24.2 Å². The van der Waals surface area contributed by atoms with Crippen LogP contribution in [0, 0.1) is 10.1 Å². The van der Waals surface area contributed by atoms with E-state index in [1.54, 1.807) is 12.1 Å². The molecule has 6 nitrogen and oxygen atoms in total. The van der Waals surface area contributed by atoms with Crippen LogP contribution in [-0.2, 0) is 0 Å². The number of anilines is 2. The summed E-state index contributed by atoms with van der Waals surface area (Å²) >= 11 is 6.04. The zero-order chi connectivity index (χ0) is 21.7. The molecule has 0 bridgehead atoms. The van der Waals surface area contributed by atoms with Gasteiger partial charge in [0, 0.05) is 36.6 Å². The van der Waals surface area contributed by atoms with Crippen molar-refractivity contribution < 1.29 is 9.72 Å². The number of carbonyl (C=O) groups excluding carboxylic acids is 1. The summed E-state index contributed by atoms with van der Waals surface area (Å²) in [5.74, 6) is -0.500. The lowest BCUT2D eigenvalue weighted by molar-refractivity contribution is -0.384. The molecule has 0 aliphatic rings. The first-order valence-corrected chi connectivity index (χ1v) is 10.0. The van der Waals surface area contributed by atoms with E-state index >= 15 is 0 Å². The standard InChI is InChI=1S/C23H22ClN3O3/c1-3-26(4-2)19-11-7-17(8-12-19)16-5-9-18(10-6-16)25-23(28)21-15-20(27(29)30)13-14-22(21)24/h5-15H,3-4H2,1-2H3,(H,25,28). The maximum Gasteiger partial charge on any atom is 0.270 e. The average molecular weight is 424 g/mol. The van der Waals surface area contributed by atoms with E-state index in [4.69, 9.17) is 11.6 Å². The minimum Gasteiger partial charge on any atom is -0.372 e. The lowest BCUT2D eigenvalue weighted by atomic mass is 10.0. The van der Waals surface area contributed by atoms with Crippen LogP contribution in [0.15, 0.2) is 66.7 Å². The van der Waals surface area contributed by atoms with Crippen molar-refractivity contribution in [1.29, 1.82) is 0 Å². The maximum absolute atomic E-state index is 12.5. The molecule has 1 N–H and O–H groups in total. The second-order valence-corrected chi connectivity index (χ2v) is 7.08. The quantitative estimate of drug-likeness (QED) is 0.372. The van der Waals surface area contributed by atoms with Gasteiger partial charge in [-0.3, -0.25) is 14.9 Å². The summed E-state index contributed by atoms with van der Waals surface area (Å²) in [6.45, 7) is 6.17. The highest BCUT2D eigenvalue weighted by atomic mass is 35.5. The molecule has 0 heterocycles. The normalized spacial score (nSPS) is 10.5. The van der Waals surface area contributed by atoms with Crippen LogP contribution in [0.1, 0.15) is 24.2 Å². The first-order valence-electron chi connectivity index (χ1n) is 9.63. The molecule has 0 radical (unpaired) electrons. The molecule has 3 aromatic rings. The van der Waals surface area contributed by atoms with Crippen LogP contribution in [0.2, 0.25) is 5.02 Å². The Hall–Kier alpha value is -3.38. The molecular weight excluding hydrogens is 402 g/mol. The Labute approximate surface area is 180 Å². The van der Waals surface area contributed by atoms with Gasteiger partial charge in [-0.05, 0) is 55.3 Å². The lowest BCUT2D eigenvalue weighted by Gasteiger charge is -2.21. The minimum absolute atomic E-state index is 0.0573. The maximum atomic E-state index is 12.5. The number of non-ortho nitro benzene ring substituents is 1. The van der Waals surface area contributed by atoms with Crippen LogP contribution in [0.3, 0.4) is 0 Å². The second kappa shape index (κ2) is 9.41. The molecule has 3 rings (SSSR count). The Bertz CT molecular complexity index is 1050. The number of amides is 1. The predicted octanol–water partition coefficient (Wildman–Crippen LogP) is 6.01. The Morgan fingerprint density at radius 3 is 2.07 bits per heavy atom. The molecule has 0 aliphatic carbocycles. The van der Waals surface area contributed by atoms with Crippen LogP contribution < -0.4 is 10.2 Å². The smallest absolute Gasteiger partial charge is 0.270 e. The van der Waals surface area contributed by atoms with Crippen LogP contribution >= 0.6 is 11.6 Å². The molecule has 154 valence electrons. The molecule has 0 fully saturated rings. The Kier molecular flexibility index (Phi) is 6.69. The van der Waals surface area contributed by atoms with Gasteiger partial charge in [0.25, 0.3) is 11.6 Å². The third-order valence-electron chi connectivity index (χ3n) is 4.88. The van der Waals surface area contributed by atoms with Crippen molar-refractivity contribution in [2.45, 2.75) is 13.8 Å². The molecule has 0 unspecified atom stereocenters. The van der Waals surface area contributed by atoms with Gasteiger partial charge in [0.1, 0.15) is 0 Å². The van der Waals surface area contributed by atoms with Gasteiger partial charge in [-0.2, -0.15) is 0 Å². The molecule has 0 aromatic heterocycles. The molecule has 30 heavy (non-hydrogen) atoms. The largest absolute Gasteiger partial charge is 0.372 e. The number of benzene rings is 3. The average Bonchev–Trinajstić information content (AvgIpc) is 2.76. The number of nitrogens with zero attached hydrogens (tertiary/aromatic N) is 2. The summed E-state index contributed by atoms with van der Waals surface area (Å²) in [5.41, 5.74) is 3.72. The van der Waals surface area contributed by atoms with Crippen LogP contribution in [0.5, 0.6) is 0 Å². The number of nitrogens with one attached hydrogen (secondary N) is 1. The fourth-order valence-electron chi connectivity index (χ4n) is 3.20. The first kappa shape index (κ1) is 21.3. The first-order chi connectivity index (χ1) is 14.4. The zero-order valence-corrected chi connectivity index (χ0v) is 17.5. The monoisotopic (exact) mass is 423 g/mol. The van der Waals surface area contributed by atoms with Gasteiger partial charge in [0.15, 0.2) is 0 Å². The van der Waals surface area contributed by atoms with Crippen molar-refractivity contribution in [2.24, 2.45) is 0 Å². The van der Waals surface area contributed by atoms with Gasteiger partial charge in [0.05, 0.1) is 15.5 Å². The Morgan fingerprint density at radius 2 is 1.53 bits per heavy atom. The summed E-state index contributed by atoms with van der Waals surface area (Å²) in [5, 5.41) is 13.8. The van der Waals surface area contributed by atoms with E-state index in [1.165, 1.54) is 23.9 Å². The van der Waals surface area contributed by atoms with Crippen molar-refractivity contribution >= 4 is 34.6 Å². The number of hydrogen-bond donors (Lipinski definition) is 1. The fraction of sp³-hybridized carbons (Fsp3) is 0.174. The molecule has 3 aromatic carbocycles. The van der Waals surface area contributed by atoms with E-state index in [2.05, 4.69) is 48.3 Å². The zero-order valence-electron chi connectivity index (χ0n) is 16.8. The molecule has 0 atom stereocenters. The molecule has 0 saturated carbocycles. The molecule has 7 heteroatoms. The molecule has 0 spiro atoms. The number of nitro groups is 1. The molecule has 0 aliphatic heterocycles. The van der Waals surface area contributed by atoms with E-state index in [-0.39, 0.29) is 16.3 Å². The van der Waals surface area contributed by atoms with Gasteiger partial charge in [-0.1, -0.05) is 35.9 Å². The van der Waals surface area contributed by atoms with E-state index in [9.17, 15) is 14.9 Å². The van der Waals surface area contributed by atoms with E-state index in [0.29, 0.717) is 5.69 Å². The highest BCUT2D eigenvalue weighted by Gasteiger charge is 2.16. The van der Waals surface area contributed by atoms with Crippen molar-refractivity contribution in [3.05, 3.63) is 87.4 Å². The number of halogens is 1. The van der Waals surface area contributed by atoms with Crippen molar-refractivity contribution in [2.75, 3.05) is 23.3 Å². The van der Waals surface area contributed by atoms with Crippen LogP contribution in [0.25, 0.3) is 11.1 Å². The summed E-state index contributed by atoms with van der Waals surface area (Å²) < 4.78 is 0. The van der Waals surface area contributed by atoms with Crippen molar-refractivity contribution in [1.82, 2.24) is 0 Å². The number of hydrogen-bond acceptors (Lipinski definition) is 4. The summed E-state index contributed by atoms with van der Waals surface area (Å²) in [7, 11) is 0. The van der Waals surface area contributed by atoms with Crippen LogP contribution in [0.4, 0.5) is 17.1 Å². The fourth-order valence-corrected chi connectivity index (χ4v) is 3.40. The lowest BCUT2D eigenvalue weighted by Crippen LogP contribution is -2.21. The van der Waals surface area contributed by atoms with Crippen LogP contribution in [-0.4, -0.2) is 23.9 Å². The molecular formula is C23H22ClN3O3.